The first-order chi connectivity index (χ1) is 15.6. The molecule has 33 heavy (non-hydrogen) atoms. The third-order valence-corrected chi connectivity index (χ3v) is 5.21. The highest BCUT2D eigenvalue weighted by molar-refractivity contribution is 5.75. The average Bonchev–Trinajstić information content (AvgIpc) is 2.76. The molecular formula is C25H23F3N2O3. The van der Waals surface area contributed by atoms with E-state index in [1.54, 1.807) is 6.07 Å². The number of carbonyl (C=O) groups is 2. The zero-order valence-corrected chi connectivity index (χ0v) is 18.0. The molecule has 0 saturated heterocycles. The number of carboxylic acids is 1. The Morgan fingerprint density at radius 2 is 1.73 bits per heavy atom. The van der Waals surface area contributed by atoms with Gasteiger partial charge in [0.15, 0.2) is 0 Å². The number of carboxylic acid groups (broad SMARTS) is 1. The maximum Gasteiger partial charge on any atom is 0.416 e. The largest absolute Gasteiger partial charge is 0.481 e. The summed E-state index contributed by atoms with van der Waals surface area (Å²) in [4.78, 5) is 28.9. The monoisotopic (exact) mass is 456 g/mol. The van der Waals surface area contributed by atoms with E-state index in [-0.39, 0.29) is 18.9 Å². The highest BCUT2D eigenvalue weighted by Gasteiger charge is 2.31. The highest BCUT2D eigenvalue weighted by Crippen LogP contribution is 2.34. The van der Waals surface area contributed by atoms with E-state index in [2.05, 4.69) is 4.98 Å². The molecule has 0 aliphatic carbocycles. The van der Waals surface area contributed by atoms with Crippen LogP contribution in [-0.4, -0.2) is 33.4 Å². The van der Waals surface area contributed by atoms with Crippen LogP contribution in [0.1, 0.15) is 29.2 Å². The fourth-order valence-electron chi connectivity index (χ4n) is 3.55. The molecule has 0 bridgehead atoms. The summed E-state index contributed by atoms with van der Waals surface area (Å²) in [5, 5.41) is 9.05. The first-order valence-electron chi connectivity index (χ1n) is 10.3. The van der Waals surface area contributed by atoms with Crippen molar-refractivity contribution in [3.63, 3.8) is 0 Å². The smallest absolute Gasteiger partial charge is 0.416 e. The molecule has 0 fully saturated rings. The van der Waals surface area contributed by atoms with Gasteiger partial charge < -0.3 is 10.0 Å². The third kappa shape index (κ3) is 6.65. The second kappa shape index (κ2) is 10.3. The van der Waals surface area contributed by atoms with Crippen LogP contribution in [0.4, 0.5) is 13.2 Å². The topological polar surface area (TPSA) is 70.5 Å². The van der Waals surface area contributed by atoms with Crippen molar-refractivity contribution in [2.45, 2.75) is 32.5 Å². The number of amides is 1. The molecule has 1 heterocycles. The second-order valence-electron chi connectivity index (χ2n) is 7.70. The van der Waals surface area contributed by atoms with Crippen molar-refractivity contribution in [3.8, 4) is 11.1 Å². The fraction of sp³-hybridized carbons (Fsp3) is 0.240. The van der Waals surface area contributed by atoms with Crippen molar-refractivity contribution in [1.29, 1.82) is 0 Å². The van der Waals surface area contributed by atoms with Gasteiger partial charge in [0.05, 0.1) is 12.0 Å². The van der Waals surface area contributed by atoms with Gasteiger partial charge in [0.2, 0.25) is 5.91 Å². The van der Waals surface area contributed by atoms with E-state index in [1.807, 2.05) is 30.3 Å². The van der Waals surface area contributed by atoms with E-state index in [1.165, 1.54) is 30.3 Å². The summed E-state index contributed by atoms with van der Waals surface area (Å²) >= 11 is 0. The maximum atomic E-state index is 13.4. The third-order valence-electron chi connectivity index (χ3n) is 5.21. The number of hydrogen-bond acceptors (Lipinski definition) is 3. The summed E-state index contributed by atoms with van der Waals surface area (Å²) in [5.74, 6) is -1.29. The van der Waals surface area contributed by atoms with E-state index in [4.69, 9.17) is 5.11 Å². The van der Waals surface area contributed by atoms with Crippen LogP contribution >= 0.6 is 0 Å². The normalized spacial score (nSPS) is 11.3. The molecule has 8 heteroatoms. The fourth-order valence-corrected chi connectivity index (χ4v) is 3.55. The molecule has 1 amide bonds. The maximum absolute atomic E-state index is 13.4. The van der Waals surface area contributed by atoms with Gasteiger partial charge >= 0.3 is 12.1 Å². The van der Waals surface area contributed by atoms with Crippen LogP contribution < -0.4 is 0 Å². The average molecular weight is 456 g/mol. The minimum absolute atomic E-state index is 0.0232. The first kappa shape index (κ1) is 24.0. The van der Waals surface area contributed by atoms with E-state index < -0.39 is 17.7 Å². The molecular weight excluding hydrogens is 433 g/mol. The Kier molecular flexibility index (Phi) is 7.48. The Balaban J connectivity index is 1.96. The Hall–Kier alpha value is -3.68. The van der Waals surface area contributed by atoms with Gasteiger partial charge in [-0.1, -0.05) is 36.4 Å². The molecule has 1 aromatic heterocycles. The van der Waals surface area contributed by atoms with Crippen LogP contribution in [0.25, 0.3) is 11.1 Å². The van der Waals surface area contributed by atoms with E-state index in [0.717, 1.165) is 17.7 Å². The number of aromatic nitrogens is 1. The molecule has 0 spiro atoms. The van der Waals surface area contributed by atoms with Crippen molar-refractivity contribution >= 4 is 11.9 Å². The number of hydrogen-bond donors (Lipinski definition) is 1. The lowest BCUT2D eigenvalue weighted by Crippen LogP contribution is -2.30. The number of benzene rings is 2. The summed E-state index contributed by atoms with van der Waals surface area (Å²) in [6.45, 7) is 1.70. The molecule has 3 rings (SSSR count). The van der Waals surface area contributed by atoms with Crippen molar-refractivity contribution in [2.75, 3.05) is 6.54 Å². The SMILES string of the molecule is CC(=O)N(CCc1ccccc1)Cc1cc(C(F)(F)F)ccc1-c1cncc(CC(=O)O)c1. The van der Waals surface area contributed by atoms with Gasteiger partial charge in [0.25, 0.3) is 0 Å². The van der Waals surface area contributed by atoms with Gasteiger partial charge in [0.1, 0.15) is 0 Å². The number of alkyl halides is 3. The van der Waals surface area contributed by atoms with E-state index in [9.17, 15) is 22.8 Å². The predicted octanol–water partition coefficient (Wildman–Crippen LogP) is 4.99. The van der Waals surface area contributed by atoms with E-state index >= 15 is 0 Å². The van der Waals surface area contributed by atoms with Gasteiger partial charge in [-0.2, -0.15) is 13.2 Å². The Bertz CT molecular complexity index is 1130. The zero-order chi connectivity index (χ0) is 24.0. The standard InChI is InChI=1S/C25H23F3N2O3/c1-17(31)30(10-9-18-5-3-2-4-6-18)16-21-13-22(25(26,27)28)7-8-23(21)20-11-19(12-24(32)33)14-29-15-20/h2-8,11,13-15H,9-10,12,16H2,1H3,(H,32,33). The van der Waals surface area contributed by atoms with Crippen LogP contribution in [0.5, 0.6) is 0 Å². The van der Waals surface area contributed by atoms with Crippen LogP contribution in [0.3, 0.4) is 0 Å². The molecule has 0 saturated carbocycles. The lowest BCUT2D eigenvalue weighted by Gasteiger charge is -2.24. The van der Waals surface area contributed by atoms with Gasteiger partial charge in [-0.25, -0.2) is 0 Å². The highest BCUT2D eigenvalue weighted by atomic mass is 19.4. The van der Waals surface area contributed by atoms with Gasteiger partial charge in [0, 0.05) is 38.0 Å². The van der Waals surface area contributed by atoms with Crippen LogP contribution in [-0.2, 0) is 35.2 Å². The number of pyridine rings is 1. The molecule has 172 valence electrons. The molecule has 5 nitrogen and oxygen atoms in total. The predicted molar refractivity (Wildman–Crippen MR) is 117 cm³/mol. The molecule has 0 aliphatic rings. The number of aliphatic carboxylic acids is 1. The number of rotatable bonds is 8. The van der Waals surface area contributed by atoms with Crippen molar-refractivity contribution in [3.05, 3.63) is 89.2 Å². The number of nitrogens with zero attached hydrogens (tertiary/aromatic N) is 2. The number of halogens is 3. The van der Waals surface area contributed by atoms with Crippen molar-refractivity contribution in [1.82, 2.24) is 9.88 Å². The zero-order valence-electron chi connectivity index (χ0n) is 18.0. The number of carbonyl (C=O) groups excluding carboxylic acids is 1. The molecule has 0 aliphatic heterocycles. The summed E-state index contributed by atoms with van der Waals surface area (Å²) in [7, 11) is 0. The summed E-state index contributed by atoms with van der Waals surface area (Å²) < 4.78 is 40.3. The lowest BCUT2D eigenvalue weighted by molar-refractivity contribution is -0.138. The van der Waals surface area contributed by atoms with Gasteiger partial charge in [-0.05, 0) is 46.9 Å². The molecule has 3 aromatic rings. The van der Waals surface area contributed by atoms with Crippen molar-refractivity contribution < 1.29 is 27.9 Å². The summed E-state index contributed by atoms with van der Waals surface area (Å²) in [6, 6.07) is 14.5. The van der Waals surface area contributed by atoms with Gasteiger partial charge in [-0.15, -0.1) is 0 Å². The molecule has 1 N–H and O–H groups in total. The molecule has 0 radical (unpaired) electrons. The Morgan fingerprint density at radius 3 is 2.36 bits per heavy atom. The van der Waals surface area contributed by atoms with Crippen LogP contribution in [0, 0.1) is 0 Å². The molecule has 0 unspecified atom stereocenters. The Labute approximate surface area is 189 Å². The summed E-state index contributed by atoms with van der Waals surface area (Å²) in [5.41, 5.74) is 1.89. The van der Waals surface area contributed by atoms with Crippen LogP contribution in [0.15, 0.2) is 67.0 Å². The quantitative estimate of drug-likeness (QED) is 0.519. The lowest BCUT2D eigenvalue weighted by atomic mass is 9.96. The minimum Gasteiger partial charge on any atom is -0.481 e. The Morgan fingerprint density at radius 1 is 1.00 bits per heavy atom. The van der Waals surface area contributed by atoms with Gasteiger partial charge in [-0.3, -0.25) is 14.6 Å². The molecule has 0 atom stereocenters. The van der Waals surface area contributed by atoms with E-state index in [0.29, 0.717) is 35.2 Å². The van der Waals surface area contributed by atoms with Crippen molar-refractivity contribution in [2.24, 2.45) is 0 Å². The second-order valence-corrected chi connectivity index (χ2v) is 7.70. The summed E-state index contributed by atoms with van der Waals surface area (Å²) in [6.07, 6.45) is -1.36. The first-order valence-corrected chi connectivity index (χ1v) is 10.3. The minimum atomic E-state index is -4.54. The molecule has 2 aromatic carbocycles. The van der Waals surface area contributed by atoms with Crippen LogP contribution in [0.2, 0.25) is 0 Å².